The zero-order chi connectivity index (χ0) is 14.4. The van der Waals surface area contributed by atoms with E-state index >= 15 is 0 Å². The maximum Gasteiger partial charge on any atom is 0.221 e. The molecule has 20 heavy (non-hydrogen) atoms. The molecular weight excluding hydrogens is 314 g/mol. The van der Waals surface area contributed by atoms with Crippen LogP contribution in [-0.4, -0.2) is 16.8 Å². The predicted molar refractivity (Wildman–Crippen MR) is 85.9 cm³/mol. The van der Waals surface area contributed by atoms with Crippen molar-refractivity contribution in [3.8, 4) is 0 Å². The van der Waals surface area contributed by atoms with E-state index in [9.17, 15) is 4.79 Å². The molecule has 4 saturated carbocycles. The summed E-state index contributed by atoms with van der Waals surface area (Å²) in [5.74, 6) is 3.09. The first-order chi connectivity index (χ1) is 9.46. The molecule has 0 aliphatic heterocycles. The zero-order valence-corrected chi connectivity index (χ0v) is 14.5. The molecule has 0 aromatic carbocycles. The third kappa shape index (κ3) is 2.80. The predicted octanol–water partition coefficient (Wildman–Crippen LogP) is 4.27. The second-order valence-electron chi connectivity index (χ2n) is 8.19. The van der Waals surface area contributed by atoms with Crippen molar-refractivity contribution in [1.29, 1.82) is 0 Å². The van der Waals surface area contributed by atoms with Crippen LogP contribution in [0, 0.1) is 23.2 Å². The molecule has 0 heterocycles. The number of hydrogen-bond acceptors (Lipinski definition) is 1. The Morgan fingerprint density at radius 1 is 1.20 bits per heavy atom. The van der Waals surface area contributed by atoms with Crippen LogP contribution in [-0.2, 0) is 4.79 Å². The molecule has 0 radical (unpaired) electrons. The molecule has 4 aliphatic rings. The smallest absolute Gasteiger partial charge is 0.221 e. The molecule has 0 spiro atoms. The topological polar surface area (TPSA) is 29.1 Å². The summed E-state index contributed by atoms with van der Waals surface area (Å²) in [6, 6.07) is 0. The summed E-state index contributed by atoms with van der Waals surface area (Å²) < 4.78 is 0. The fourth-order valence-corrected chi connectivity index (χ4v) is 5.98. The van der Waals surface area contributed by atoms with Crippen molar-refractivity contribution in [2.24, 2.45) is 23.2 Å². The molecule has 4 bridgehead atoms. The van der Waals surface area contributed by atoms with Gasteiger partial charge in [-0.1, -0.05) is 22.9 Å². The van der Waals surface area contributed by atoms with Gasteiger partial charge in [0.05, 0.1) is 0 Å². The quantitative estimate of drug-likeness (QED) is 0.743. The molecule has 2 nitrogen and oxygen atoms in total. The van der Waals surface area contributed by atoms with E-state index in [4.69, 9.17) is 0 Å². The zero-order valence-electron chi connectivity index (χ0n) is 12.9. The van der Waals surface area contributed by atoms with Crippen LogP contribution in [0.15, 0.2) is 0 Å². The Balaban J connectivity index is 1.64. The standard InChI is InChI=1S/C17H28BrNO/c1-3-16(2,11-18)19-15(20)10-17-7-12-4-13(8-17)6-14(5-12)9-17/h12-14H,3-11H2,1-2H3,(H,19,20). The van der Waals surface area contributed by atoms with Crippen molar-refractivity contribution in [3.63, 3.8) is 0 Å². The van der Waals surface area contributed by atoms with Crippen molar-refractivity contribution in [2.45, 2.75) is 70.8 Å². The van der Waals surface area contributed by atoms with Crippen molar-refractivity contribution in [3.05, 3.63) is 0 Å². The van der Waals surface area contributed by atoms with Crippen LogP contribution in [0.5, 0.6) is 0 Å². The molecule has 1 atom stereocenters. The largest absolute Gasteiger partial charge is 0.350 e. The number of rotatable bonds is 5. The summed E-state index contributed by atoms with van der Waals surface area (Å²) in [4.78, 5) is 12.5. The second-order valence-corrected chi connectivity index (χ2v) is 8.75. The lowest BCUT2D eigenvalue weighted by atomic mass is 9.49. The van der Waals surface area contributed by atoms with Crippen LogP contribution in [0.3, 0.4) is 0 Å². The van der Waals surface area contributed by atoms with Crippen LogP contribution in [0.2, 0.25) is 0 Å². The Hall–Kier alpha value is -0.0500. The van der Waals surface area contributed by atoms with E-state index in [1.165, 1.54) is 38.5 Å². The summed E-state index contributed by atoms with van der Waals surface area (Å²) in [5.41, 5.74) is 0.277. The van der Waals surface area contributed by atoms with Gasteiger partial charge in [0.25, 0.3) is 0 Å². The highest BCUT2D eigenvalue weighted by Crippen LogP contribution is 2.61. The van der Waals surface area contributed by atoms with Crippen molar-refractivity contribution in [2.75, 3.05) is 5.33 Å². The molecule has 4 aliphatic carbocycles. The molecule has 0 aromatic rings. The third-order valence-electron chi connectivity index (χ3n) is 6.22. The molecule has 1 unspecified atom stereocenters. The van der Waals surface area contributed by atoms with Gasteiger partial charge in [-0.15, -0.1) is 0 Å². The van der Waals surface area contributed by atoms with Gasteiger partial charge in [-0.3, -0.25) is 4.79 Å². The van der Waals surface area contributed by atoms with E-state index in [-0.39, 0.29) is 11.4 Å². The van der Waals surface area contributed by atoms with Crippen molar-refractivity contribution in [1.82, 2.24) is 5.32 Å². The van der Waals surface area contributed by atoms with E-state index in [0.29, 0.717) is 5.41 Å². The molecule has 1 N–H and O–H groups in total. The van der Waals surface area contributed by atoms with Gasteiger partial charge >= 0.3 is 0 Å². The minimum atomic E-state index is -0.0840. The molecule has 3 heteroatoms. The van der Waals surface area contributed by atoms with Gasteiger partial charge < -0.3 is 5.32 Å². The summed E-state index contributed by atoms with van der Waals surface area (Å²) >= 11 is 3.54. The van der Waals surface area contributed by atoms with Crippen molar-refractivity contribution >= 4 is 21.8 Å². The molecule has 4 fully saturated rings. The normalized spacial score (nSPS) is 41.5. The number of amides is 1. The van der Waals surface area contributed by atoms with E-state index in [1.54, 1.807) is 0 Å². The van der Waals surface area contributed by atoms with E-state index in [0.717, 1.165) is 35.9 Å². The number of halogens is 1. The van der Waals surface area contributed by atoms with E-state index in [2.05, 4.69) is 35.1 Å². The number of hydrogen-bond donors (Lipinski definition) is 1. The Kier molecular flexibility index (Phi) is 3.94. The number of carbonyl (C=O) groups is 1. The molecule has 1 amide bonds. The van der Waals surface area contributed by atoms with Gasteiger partial charge in [-0.2, -0.15) is 0 Å². The third-order valence-corrected chi connectivity index (χ3v) is 7.45. The number of nitrogens with one attached hydrogen (secondary N) is 1. The SMILES string of the molecule is CCC(C)(CBr)NC(=O)CC12CC3CC(CC(C3)C1)C2. The lowest BCUT2D eigenvalue weighted by Gasteiger charge is -2.56. The van der Waals surface area contributed by atoms with Crippen LogP contribution in [0.25, 0.3) is 0 Å². The first kappa shape index (κ1) is 14.9. The highest BCUT2D eigenvalue weighted by molar-refractivity contribution is 9.09. The summed E-state index contributed by atoms with van der Waals surface area (Å²) in [6.07, 6.45) is 10.1. The van der Waals surface area contributed by atoms with Crippen LogP contribution in [0.4, 0.5) is 0 Å². The second kappa shape index (κ2) is 5.30. The number of carbonyl (C=O) groups excluding carboxylic acids is 1. The minimum Gasteiger partial charge on any atom is -0.350 e. The Morgan fingerprint density at radius 2 is 1.70 bits per heavy atom. The minimum absolute atomic E-state index is 0.0840. The number of alkyl halides is 1. The van der Waals surface area contributed by atoms with Crippen LogP contribution >= 0.6 is 15.9 Å². The fraction of sp³-hybridized carbons (Fsp3) is 0.941. The van der Waals surface area contributed by atoms with E-state index < -0.39 is 0 Å². The van der Waals surface area contributed by atoms with E-state index in [1.807, 2.05) is 0 Å². The maximum atomic E-state index is 12.5. The van der Waals surface area contributed by atoms with Gasteiger partial charge in [0.15, 0.2) is 0 Å². The van der Waals surface area contributed by atoms with Gasteiger partial charge in [-0.25, -0.2) is 0 Å². The summed E-state index contributed by atoms with van der Waals surface area (Å²) in [7, 11) is 0. The molecule has 0 aromatic heterocycles. The maximum absolute atomic E-state index is 12.5. The van der Waals surface area contributed by atoms with Gasteiger partial charge in [0.1, 0.15) is 0 Å². The Morgan fingerprint density at radius 3 is 2.10 bits per heavy atom. The molecule has 4 rings (SSSR count). The summed E-state index contributed by atoms with van der Waals surface area (Å²) in [5, 5.41) is 4.12. The van der Waals surface area contributed by atoms with Crippen molar-refractivity contribution < 1.29 is 4.79 Å². The average molecular weight is 342 g/mol. The Bertz CT molecular complexity index is 353. The lowest BCUT2D eigenvalue weighted by molar-refractivity contribution is -0.130. The summed E-state index contributed by atoms with van der Waals surface area (Å²) in [6.45, 7) is 4.28. The molecule has 114 valence electrons. The Labute approximate surface area is 131 Å². The van der Waals surface area contributed by atoms with Crippen LogP contribution < -0.4 is 5.32 Å². The molecular formula is C17H28BrNO. The van der Waals surface area contributed by atoms with Gasteiger partial charge in [0.2, 0.25) is 5.91 Å². The van der Waals surface area contributed by atoms with Gasteiger partial charge in [0, 0.05) is 17.3 Å². The lowest BCUT2D eigenvalue weighted by Crippen LogP contribution is -2.51. The first-order valence-corrected chi connectivity index (χ1v) is 9.45. The van der Waals surface area contributed by atoms with Gasteiger partial charge in [-0.05, 0) is 75.0 Å². The highest BCUT2D eigenvalue weighted by atomic mass is 79.9. The fourth-order valence-electron chi connectivity index (χ4n) is 5.44. The monoisotopic (exact) mass is 341 g/mol. The first-order valence-electron chi connectivity index (χ1n) is 8.33. The average Bonchev–Trinajstić information content (AvgIpc) is 2.36. The molecule has 0 saturated heterocycles. The van der Waals surface area contributed by atoms with Crippen LogP contribution in [0.1, 0.15) is 65.2 Å². The highest BCUT2D eigenvalue weighted by Gasteiger charge is 2.51.